The number of hydrogen-bond donors (Lipinski definition) is 2. The number of hydrogen-bond acceptors (Lipinski definition) is 4. The average molecular weight is 299 g/mol. The molecule has 1 heterocycles. The summed E-state index contributed by atoms with van der Waals surface area (Å²) in [5.41, 5.74) is 0.832. The number of aromatic hydroxyl groups is 1. The van der Waals surface area contributed by atoms with E-state index in [1.54, 1.807) is 30.5 Å². The molecule has 0 saturated heterocycles. The van der Waals surface area contributed by atoms with Gasteiger partial charge in [0.15, 0.2) is 0 Å². The van der Waals surface area contributed by atoms with E-state index in [9.17, 15) is 9.90 Å². The van der Waals surface area contributed by atoms with Crippen molar-refractivity contribution in [1.82, 2.24) is 4.98 Å². The number of carbonyl (C=O) groups excluding carboxylic acids is 1. The number of carbonyl (C=O) groups is 1. The fourth-order valence-electron chi connectivity index (χ4n) is 2.16. The van der Waals surface area contributed by atoms with Gasteiger partial charge in [0, 0.05) is 19.8 Å². The molecule has 0 aliphatic heterocycles. The zero-order valence-corrected chi connectivity index (χ0v) is 13.1. The molecule has 0 bridgehead atoms. The van der Waals surface area contributed by atoms with Crippen molar-refractivity contribution in [1.29, 1.82) is 0 Å². The van der Waals surface area contributed by atoms with E-state index in [1.165, 1.54) is 6.07 Å². The van der Waals surface area contributed by atoms with Gasteiger partial charge < -0.3 is 15.3 Å². The van der Waals surface area contributed by atoms with Gasteiger partial charge in [-0.2, -0.15) is 0 Å². The van der Waals surface area contributed by atoms with Crippen LogP contribution in [-0.2, 0) is 0 Å². The van der Waals surface area contributed by atoms with Gasteiger partial charge in [-0.25, -0.2) is 4.98 Å². The van der Waals surface area contributed by atoms with Gasteiger partial charge in [-0.15, -0.1) is 0 Å². The van der Waals surface area contributed by atoms with Crippen LogP contribution in [0.15, 0.2) is 42.6 Å². The van der Waals surface area contributed by atoms with E-state index in [-0.39, 0.29) is 11.7 Å². The lowest BCUT2D eigenvalue weighted by Gasteiger charge is -2.20. The Morgan fingerprint density at radius 1 is 1.27 bits per heavy atom. The van der Waals surface area contributed by atoms with Crippen molar-refractivity contribution in [3.05, 3.63) is 48.2 Å². The quantitative estimate of drug-likeness (QED) is 0.833. The van der Waals surface area contributed by atoms with Crippen LogP contribution in [0.3, 0.4) is 0 Å². The molecule has 5 nitrogen and oxygen atoms in total. The number of nitrogens with zero attached hydrogens (tertiary/aromatic N) is 2. The van der Waals surface area contributed by atoms with Gasteiger partial charge in [-0.1, -0.05) is 26.0 Å². The first-order valence-corrected chi connectivity index (χ1v) is 7.24. The number of aromatic nitrogens is 1. The molecule has 5 heteroatoms. The Morgan fingerprint density at radius 3 is 2.59 bits per heavy atom. The third-order valence-electron chi connectivity index (χ3n) is 3.19. The number of anilines is 2. The van der Waals surface area contributed by atoms with Crippen LogP contribution in [-0.4, -0.2) is 29.6 Å². The zero-order valence-electron chi connectivity index (χ0n) is 13.1. The molecule has 0 unspecified atom stereocenters. The smallest absolute Gasteiger partial charge is 0.257 e. The Bertz CT molecular complexity index is 639. The zero-order chi connectivity index (χ0) is 16.1. The van der Waals surface area contributed by atoms with Gasteiger partial charge in [-0.3, -0.25) is 4.79 Å². The lowest BCUT2D eigenvalue weighted by atomic mass is 10.2. The van der Waals surface area contributed by atoms with E-state index in [0.717, 1.165) is 12.4 Å². The summed E-state index contributed by atoms with van der Waals surface area (Å²) >= 11 is 0. The fraction of sp³-hybridized carbons (Fsp3) is 0.294. The summed E-state index contributed by atoms with van der Waals surface area (Å²) < 4.78 is 0. The molecule has 0 atom stereocenters. The third-order valence-corrected chi connectivity index (χ3v) is 3.19. The van der Waals surface area contributed by atoms with Crippen molar-refractivity contribution in [3.63, 3.8) is 0 Å². The van der Waals surface area contributed by atoms with E-state index in [2.05, 4.69) is 29.0 Å². The second-order valence-corrected chi connectivity index (χ2v) is 5.65. The number of rotatable bonds is 5. The minimum absolute atomic E-state index is 0.0390. The maximum atomic E-state index is 12.1. The third kappa shape index (κ3) is 3.97. The monoisotopic (exact) mass is 299 g/mol. The van der Waals surface area contributed by atoms with Crippen LogP contribution in [0.25, 0.3) is 0 Å². The molecule has 0 saturated carbocycles. The van der Waals surface area contributed by atoms with Crippen molar-refractivity contribution >= 4 is 17.4 Å². The summed E-state index contributed by atoms with van der Waals surface area (Å²) in [4.78, 5) is 18.5. The van der Waals surface area contributed by atoms with Crippen LogP contribution >= 0.6 is 0 Å². The lowest BCUT2D eigenvalue weighted by Crippen LogP contribution is -2.23. The highest BCUT2D eigenvalue weighted by atomic mass is 16.3. The first-order chi connectivity index (χ1) is 10.5. The van der Waals surface area contributed by atoms with Crippen LogP contribution in [0, 0.1) is 5.92 Å². The van der Waals surface area contributed by atoms with Gasteiger partial charge in [0.2, 0.25) is 0 Å². The molecule has 2 aromatic rings. The fourth-order valence-corrected chi connectivity index (χ4v) is 2.16. The Morgan fingerprint density at radius 2 is 2.00 bits per heavy atom. The Hall–Kier alpha value is -2.56. The molecular weight excluding hydrogens is 278 g/mol. The summed E-state index contributed by atoms with van der Waals surface area (Å²) in [5.74, 6) is 1.10. The number of nitrogens with one attached hydrogen (secondary N) is 1. The summed E-state index contributed by atoms with van der Waals surface area (Å²) in [6.45, 7) is 5.19. The summed E-state index contributed by atoms with van der Waals surface area (Å²) in [6, 6.07) is 10.2. The molecule has 0 spiro atoms. The van der Waals surface area contributed by atoms with Gasteiger partial charge in [0.1, 0.15) is 11.6 Å². The Balaban J connectivity index is 2.07. The lowest BCUT2D eigenvalue weighted by molar-refractivity contribution is 0.102. The predicted octanol–water partition coefficient (Wildman–Crippen LogP) is 3.13. The van der Waals surface area contributed by atoms with Crippen LogP contribution < -0.4 is 10.2 Å². The van der Waals surface area contributed by atoms with Crippen molar-refractivity contribution in [3.8, 4) is 5.75 Å². The standard InChI is InChI=1S/C17H21N3O2/c1-12(2)11-20(3)16-9-8-13(10-18-16)17(22)19-14-6-4-5-7-15(14)21/h4-10,12,21H,11H2,1-3H3,(H,19,22). The second-order valence-electron chi connectivity index (χ2n) is 5.65. The topological polar surface area (TPSA) is 65.5 Å². The number of benzene rings is 1. The molecule has 1 aromatic carbocycles. The highest BCUT2D eigenvalue weighted by Crippen LogP contribution is 2.22. The molecule has 1 amide bonds. The highest BCUT2D eigenvalue weighted by molar-refractivity contribution is 6.04. The summed E-state index contributed by atoms with van der Waals surface area (Å²) in [6.07, 6.45) is 1.54. The molecule has 116 valence electrons. The summed E-state index contributed by atoms with van der Waals surface area (Å²) in [5, 5.41) is 12.3. The molecule has 0 aliphatic rings. The first-order valence-electron chi connectivity index (χ1n) is 7.24. The predicted molar refractivity (Wildman–Crippen MR) is 88.4 cm³/mol. The molecular formula is C17H21N3O2. The van der Waals surface area contributed by atoms with E-state index in [0.29, 0.717) is 17.2 Å². The number of phenols is 1. The number of phenolic OH excluding ortho intramolecular Hbond substituents is 1. The highest BCUT2D eigenvalue weighted by Gasteiger charge is 2.10. The number of amides is 1. The minimum Gasteiger partial charge on any atom is -0.506 e. The maximum Gasteiger partial charge on any atom is 0.257 e. The molecule has 22 heavy (non-hydrogen) atoms. The van der Waals surface area contributed by atoms with E-state index >= 15 is 0 Å². The maximum absolute atomic E-state index is 12.1. The summed E-state index contributed by atoms with van der Waals surface area (Å²) in [7, 11) is 1.98. The van der Waals surface area contributed by atoms with E-state index in [4.69, 9.17) is 0 Å². The van der Waals surface area contributed by atoms with Crippen LogP contribution in [0.4, 0.5) is 11.5 Å². The SMILES string of the molecule is CC(C)CN(C)c1ccc(C(=O)Nc2ccccc2O)cn1. The van der Waals surface area contributed by atoms with Gasteiger partial charge in [0.05, 0.1) is 11.3 Å². The van der Waals surface area contributed by atoms with Crippen molar-refractivity contribution in [2.45, 2.75) is 13.8 Å². The molecule has 0 fully saturated rings. The van der Waals surface area contributed by atoms with Gasteiger partial charge >= 0.3 is 0 Å². The van der Waals surface area contributed by atoms with Gasteiger partial charge in [-0.05, 0) is 30.2 Å². The largest absolute Gasteiger partial charge is 0.506 e. The van der Waals surface area contributed by atoms with E-state index in [1.807, 2.05) is 13.1 Å². The van der Waals surface area contributed by atoms with Gasteiger partial charge in [0.25, 0.3) is 5.91 Å². The van der Waals surface area contributed by atoms with Crippen LogP contribution in [0.1, 0.15) is 24.2 Å². The van der Waals surface area contributed by atoms with Crippen LogP contribution in [0.5, 0.6) is 5.75 Å². The number of pyridine rings is 1. The first kappa shape index (κ1) is 15.8. The van der Waals surface area contributed by atoms with E-state index < -0.39 is 0 Å². The second kappa shape index (κ2) is 6.93. The average Bonchev–Trinajstić information content (AvgIpc) is 2.49. The molecule has 2 N–H and O–H groups in total. The molecule has 0 aliphatic carbocycles. The molecule has 2 rings (SSSR count). The number of para-hydroxylation sites is 2. The van der Waals surface area contributed by atoms with Crippen molar-refractivity contribution in [2.24, 2.45) is 5.92 Å². The molecule has 1 aromatic heterocycles. The van der Waals surface area contributed by atoms with Crippen molar-refractivity contribution in [2.75, 3.05) is 23.8 Å². The minimum atomic E-state index is -0.299. The Kier molecular flexibility index (Phi) is 4.99. The molecule has 0 radical (unpaired) electrons. The van der Waals surface area contributed by atoms with Crippen LogP contribution in [0.2, 0.25) is 0 Å². The Labute approximate surface area is 130 Å². The normalized spacial score (nSPS) is 10.5. The van der Waals surface area contributed by atoms with Crippen molar-refractivity contribution < 1.29 is 9.90 Å².